The van der Waals surface area contributed by atoms with Gasteiger partial charge in [-0.25, -0.2) is 4.90 Å². The Hall–Kier alpha value is -5.11. The van der Waals surface area contributed by atoms with E-state index in [1.54, 1.807) is 27.3 Å². The second-order valence-electron chi connectivity index (χ2n) is 8.74. The molecule has 0 unspecified atom stereocenters. The van der Waals surface area contributed by atoms with E-state index in [0.29, 0.717) is 12.1 Å². The van der Waals surface area contributed by atoms with Crippen molar-refractivity contribution in [3.05, 3.63) is 65.5 Å². The first-order chi connectivity index (χ1) is 18.8. The molecule has 0 aromatic carbocycles. The van der Waals surface area contributed by atoms with Gasteiger partial charge in [0.05, 0.1) is 27.9 Å². The number of aromatic nitrogens is 3. The summed E-state index contributed by atoms with van der Waals surface area (Å²) in [6, 6.07) is 4.20. The molecule has 210 valence electrons. The third kappa shape index (κ3) is 6.47. The Morgan fingerprint density at radius 2 is 1.55 bits per heavy atom. The van der Waals surface area contributed by atoms with Crippen LogP contribution >= 0.6 is 11.6 Å². The van der Waals surface area contributed by atoms with Crippen LogP contribution in [0.1, 0.15) is 37.9 Å². The zero-order chi connectivity index (χ0) is 29.7. The Bertz CT molecular complexity index is 1530. The molecule has 5 amide bonds. The number of hydrogen-bond acceptors (Lipinski definition) is 6. The molecule has 3 rings (SSSR count). The number of rotatable bonds is 11. The zero-order valence-corrected chi connectivity index (χ0v) is 22.7. The lowest BCUT2D eigenvalue weighted by atomic mass is 10.2. The van der Waals surface area contributed by atoms with Crippen LogP contribution in [-0.2, 0) is 30.7 Å². The number of aryl methyl sites for hydroxylation is 3. The van der Waals surface area contributed by atoms with Gasteiger partial charge >= 0.3 is 0 Å². The number of halogens is 1. The van der Waals surface area contributed by atoms with E-state index in [9.17, 15) is 24.0 Å². The van der Waals surface area contributed by atoms with Gasteiger partial charge in [-0.1, -0.05) is 18.2 Å². The van der Waals surface area contributed by atoms with Gasteiger partial charge in [0.1, 0.15) is 17.1 Å². The molecule has 0 aliphatic heterocycles. The van der Waals surface area contributed by atoms with Crippen LogP contribution in [0.2, 0.25) is 0 Å². The van der Waals surface area contributed by atoms with Gasteiger partial charge in [0.2, 0.25) is 6.41 Å². The van der Waals surface area contributed by atoms with Crippen LogP contribution in [-0.4, -0.2) is 56.1 Å². The zero-order valence-electron chi connectivity index (χ0n) is 21.9. The molecule has 0 saturated heterocycles. The molecule has 6 N–H and O–H groups in total. The smallest absolute Gasteiger partial charge is 0.282 e. The molecule has 3 heterocycles. The van der Waals surface area contributed by atoms with E-state index in [4.69, 9.17) is 22.7 Å². The number of carbonyl (C=O) groups is 5. The summed E-state index contributed by atoms with van der Waals surface area (Å²) >= 11 is 5.88. The van der Waals surface area contributed by atoms with Crippen molar-refractivity contribution in [2.75, 3.05) is 22.1 Å². The van der Waals surface area contributed by atoms with Crippen molar-refractivity contribution in [1.29, 1.82) is 5.41 Å². The van der Waals surface area contributed by atoms with Crippen molar-refractivity contribution in [3.63, 3.8) is 0 Å². The third-order valence-corrected chi connectivity index (χ3v) is 5.91. The van der Waals surface area contributed by atoms with Crippen LogP contribution in [0.5, 0.6) is 0 Å². The van der Waals surface area contributed by atoms with Crippen LogP contribution in [0.3, 0.4) is 0 Å². The summed E-state index contributed by atoms with van der Waals surface area (Å²) in [6.07, 6.45) is 5.09. The van der Waals surface area contributed by atoms with Gasteiger partial charge in [0.25, 0.3) is 23.6 Å². The van der Waals surface area contributed by atoms with Crippen molar-refractivity contribution in [1.82, 2.24) is 19.0 Å². The molecule has 0 bridgehead atoms. The predicted molar refractivity (Wildman–Crippen MR) is 150 cm³/mol. The molecule has 3 aromatic rings. The van der Waals surface area contributed by atoms with Crippen LogP contribution in [0.4, 0.5) is 17.1 Å². The fourth-order valence-corrected chi connectivity index (χ4v) is 3.92. The van der Waals surface area contributed by atoms with Crippen molar-refractivity contribution >= 4 is 64.5 Å². The van der Waals surface area contributed by atoms with Gasteiger partial charge in [0.15, 0.2) is 0 Å². The molecule has 15 heteroatoms. The van der Waals surface area contributed by atoms with E-state index in [2.05, 4.69) is 22.5 Å². The van der Waals surface area contributed by atoms with E-state index in [1.807, 2.05) is 0 Å². The molecular formula is C25H28ClN9O5. The highest BCUT2D eigenvalue weighted by Crippen LogP contribution is 2.25. The lowest BCUT2D eigenvalue weighted by Gasteiger charge is -2.19. The molecule has 0 radical (unpaired) electrons. The summed E-state index contributed by atoms with van der Waals surface area (Å²) < 4.78 is 4.36. The first-order valence-electron chi connectivity index (χ1n) is 11.7. The Morgan fingerprint density at radius 1 is 0.975 bits per heavy atom. The Kier molecular flexibility index (Phi) is 8.96. The highest BCUT2D eigenvalue weighted by Gasteiger charge is 2.30. The summed E-state index contributed by atoms with van der Waals surface area (Å²) in [5, 5.41) is 14.6. The first kappa shape index (κ1) is 29.4. The minimum Gasteiger partial charge on any atom is -0.388 e. The molecule has 0 spiro atoms. The maximum Gasteiger partial charge on any atom is 0.282 e. The summed E-state index contributed by atoms with van der Waals surface area (Å²) in [6.45, 7) is 3.56. The molecule has 0 atom stereocenters. The van der Waals surface area contributed by atoms with Crippen molar-refractivity contribution in [2.24, 2.45) is 26.9 Å². The van der Waals surface area contributed by atoms with E-state index in [-0.39, 0.29) is 47.3 Å². The summed E-state index contributed by atoms with van der Waals surface area (Å²) in [7, 11) is 4.74. The number of nitrogens with zero attached hydrogens (tertiary/aromatic N) is 4. The second-order valence-corrected chi connectivity index (χ2v) is 9.20. The van der Waals surface area contributed by atoms with Crippen molar-refractivity contribution in [2.45, 2.75) is 6.42 Å². The number of nitrogens with one attached hydrogen (secondary N) is 4. The minimum atomic E-state index is -0.911. The monoisotopic (exact) mass is 569 g/mol. The number of anilines is 3. The number of hydrogen-bond donors (Lipinski definition) is 5. The van der Waals surface area contributed by atoms with Gasteiger partial charge < -0.3 is 35.4 Å². The molecule has 0 aliphatic rings. The van der Waals surface area contributed by atoms with Gasteiger partial charge in [-0.3, -0.25) is 29.4 Å². The fourth-order valence-electron chi connectivity index (χ4n) is 3.84. The summed E-state index contributed by atoms with van der Waals surface area (Å²) in [4.78, 5) is 63.5. The summed E-state index contributed by atoms with van der Waals surface area (Å²) in [5.41, 5.74) is 6.46. The van der Waals surface area contributed by atoms with Crippen LogP contribution in [0, 0.1) is 5.41 Å². The Labute approximate surface area is 233 Å². The van der Waals surface area contributed by atoms with Gasteiger partial charge in [0, 0.05) is 52.7 Å². The quantitative estimate of drug-likeness (QED) is 0.101. The maximum atomic E-state index is 13.6. The molecule has 14 nitrogen and oxygen atoms in total. The lowest BCUT2D eigenvalue weighted by molar-refractivity contribution is -0.114. The third-order valence-electron chi connectivity index (χ3n) is 5.74. The number of carbonyl (C=O) groups excluding carboxylic acids is 5. The van der Waals surface area contributed by atoms with Crippen molar-refractivity contribution in [3.8, 4) is 0 Å². The largest absolute Gasteiger partial charge is 0.388 e. The number of amidine groups is 1. The normalized spacial score (nSPS) is 10.5. The number of nitrogens with two attached hydrogens (primary N) is 1. The number of imide groups is 1. The summed E-state index contributed by atoms with van der Waals surface area (Å²) in [5.74, 6) is -2.80. The second kappa shape index (κ2) is 12.2. The highest BCUT2D eigenvalue weighted by molar-refractivity contribution is 6.46. The highest BCUT2D eigenvalue weighted by atomic mass is 35.5. The van der Waals surface area contributed by atoms with E-state index in [0.717, 1.165) is 4.90 Å². The average Bonchev–Trinajstić information content (AvgIpc) is 3.55. The number of amides is 5. The molecular weight excluding hydrogens is 542 g/mol. The van der Waals surface area contributed by atoms with E-state index in [1.165, 1.54) is 44.3 Å². The fraction of sp³-hybridized carbons (Fsp3) is 0.200. The van der Waals surface area contributed by atoms with Gasteiger partial charge in [-0.05, 0) is 18.2 Å². The average molecular weight is 570 g/mol. The minimum absolute atomic E-state index is 0.0214. The van der Waals surface area contributed by atoms with Gasteiger partial charge in [-0.2, -0.15) is 0 Å². The van der Waals surface area contributed by atoms with E-state index < -0.39 is 28.7 Å². The molecule has 0 aliphatic carbocycles. The predicted octanol–water partition coefficient (Wildman–Crippen LogP) is 1.50. The van der Waals surface area contributed by atoms with Gasteiger partial charge in [-0.15, -0.1) is 0 Å². The SMILES string of the molecule is C=C(Cl)C(=O)N(C(=O)c1cc(NC(=O)c2cc(NC=O)cn2C)cn1C)c1cc(C(=O)NCCC(=N)N)n(C)c1. The van der Waals surface area contributed by atoms with Crippen LogP contribution < -0.4 is 26.6 Å². The van der Waals surface area contributed by atoms with Crippen molar-refractivity contribution < 1.29 is 24.0 Å². The Balaban J connectivity index is 1.89. The molecule has 3 aromatic heterocycles. The Morgan fingerprint density at radius 3 is 2.17 bits per heavy atom. The molecule has 0 saturated carbocycles. The van der Waals surface area contributed by atoms with Crippen LogP contribution in [0.25, 0.3) is 0 Å². The topological polar surface area (TPSA) is 189 Å². The van der Waals surface area contributed by atoms with Crippen LogP contribution in [0.15, 0.2) is 48.4 Å². The standard InChI is InChI=1S/C25H28ClN9O5/c1-14(26)24(39)35(17-9-19(34(4)12-17)22(37)29-6-5-21(27)28)25(40)20-8-16(11-33(20)3)31-23(38)18-7-15(30-13-36)10-32(18)2/h7-13H,1,5-6H2,2-4H3,(H3,27,28)(H,29,37)(H,30,36)(H,31,38). The molecule has 0 fully saturated rings. The maximum absolute atomic E-state index is 13.6. The van der Waals surface area contributed by atoms with E-state index >= 15 is 0 Å². The lowest BCUT2D eigenvalue weighted by Crippen LogP contribution is -2.37. The molecule has 40 heavy (non-hydrogen) atoms. The first-order valence-corrected chi connectivity index (χ1v) is 12.1.